The van der Waals surface area contributed by atoms with Crippen LogP contribution in [0.1, 0.15) is 23.7 Å². The summed E-state index contributed by atoms with van der Waals surface area (Å²) < 4.78 is 1.95. The Hall–Kier alpha value is -1.16. The fourth-order valence-corrected chi connectivity index (χ4v) is 2.84. The molecule has 0 amide bonds. The number of thiazole rings is 1. The quantitative estimate of drug-likeness (QED) is 0.388. The van der Waals surface area contributed by atoms with Crippen LogP contribution in [-0.4, -0.2) is 34.3 Å². The van der Waals surface area contributed by atoms with E-state index < -0.39 is 0 Å². The van der Waals surface area contributed by atoms with Crippen LogP contribution < -0.4 is 10.6 Å². The molecule has 0 saturated carbocycles. The molecule has 23 heavy (non-hydrogen) atoms. The average Bonchev–Trinajstić information content (AvgIpc) is 3.18. The van der Waals surface area contributed by atoms with Crippen molar-refractivity contribution in [3.05, 3.63) is 34.5 Å². The number of aromatic nitrogens is 3. The number of hydrogen-bond acceptors (Lipinski definition) is 4. The van der Waals surface area contributed by atoms with E-state index in [4.69, 9.17) is 0 Å². The van der Waals surface area contributed by atoms with Crippen molar-refractivity contribution in [3.8, 4) is 0 Å². The summed E-state index contributed by atoms with van der Waals surface area (Å²) in [4.78, 5) is 9.96. The van der Waals surface area contributed by atoms with Crippen LogP contribution in [-0.2, 0) is 19.5 Å². The molecule has 0 saturated heterocycles. The van der Waals surface area contributed by atoms with Gasteiger partial charge in [-0.3, -0.25) is 9.67 Å². The number of halogens is 1. The molecule has 0 aromatic carbocycles. The van der Waals surface area contributed by atoms with Gasteiger partial charge in [0.1, 0.15) is 5.01 Å². The molecule has 0 bridgehead atoms. The van der Waals surface area contributed by atoms with E-state index in [0.29, 0.717) is 12.5 Å². The van der Waals surface area contributed by atoms with Crippen molar-refractivity contribution in [2.45, 2.75) is 33.4 Å². The average molecular weight is 448 g/mol. The molecular weight excluding hydrogens is 423 g/mol. The first-order valence-electron chi connectivity index (χ1n) is 7.56. The van der Waals surface area contributed by atoms with Gasteiger partial charge in [0.2, 0.25) is 0 Å². The lowest BCUT2D eigenvalue weighted by Gasteiger charge is -2.15. The Labute approximate surface area is 158 Å². The van der Waals surface area contributed by atoms with Gasteiger partial charge in [0.05, 0.1) is 6.54 Å². The number of aryl methyl sites for hydroxylation is 1. The van der Waals surface area contributed by atoms with Crippen LogP contribution in [0.25, 0.3) is 0 Å². The molecule has 8 heteroatoms. The molecule has 0 aliphatic heterocycles. The van der Waals surface area contributed by atoms with Gasteiger partial charge in [-0.1, -0.05) is 13.8 Å². The van der Waals surface area contributed by atoms with Crippen molar-refractivity contribution in [1.29, 1.82) is 0 Å². The van der Waals surface area contributed by atoms with Crippen LogP contribution >= 0.6 is 35.3 Å². The highest BCUT2D eigenvalue weighted by molar-refractivity contribution is 14.0. The molecule has 0 radical (unpaired) electrons. The third-order valence-electron chi connectivity index (χ3n) is 3.26. The van der Waals surface area contributed by atoms with Gasteiger partial charge in [0, 0.05) is 43.6 Å². The Morgan fingerprint density at radius 1 is 1.43 bits per heavy atom. The van der Waals surface area contributed by atoms with Crippen molar-refractivity contribution < 1.29 is 0 Å². The molecule has 1 atom stereocenters. The van der Waals surface area contributed by atoms with Crippen molar-refractivity contribution in [3.63, 3.8) is 0 Å². The number of guanidine groups is 1. The molecule has 1 unspecified atom stereocenters. The van der Waals surface area contributed by atoms with Crippen LogP contribution in [0.4, 0.5) is 0 Å². The van der Waals surface area contributed by atoms with Crippen LogP contribution in [0.3, 0.4) is 0 Å². The minimum absolute atomic E-state index is 0. The molecule has 2 aromatic heterocycles. The van der Waals surface area contributed by atoms with E-state index in [2.05, 4.69) is 39.6 Å². The summed E-state index contributed by atoms with van der Waals surface area (Å²) in [5, 5.41) is 12.0. The molecule has 6 nitrogen and oxygen atoms in total. The first-order valence-corrected chi connectivity index (χ1v) is 8.38. The Bertz CT molecular complexity index is 581. The van der Waals surface area contributed by atoms with Gasteiger partial charge in [0.25, 0.3) is 0 Å². The van der Waals surface area contributed by atoms with E-state index in [0.717, 1.165) is 30.5 Å². The van der Waals surface area contributed by atoms with Crippen molar-refractivity contribution in [1.82, 2.24) is 25.4 Å². The summed E-state index contributed by atoms with van der Waals surface area (Å²) in [6.45, 7) is 6.78. The summed E-state index contributed by atoms with van der Waals surface area (Å²) in [5.41, 5.74) is 0. The van der Waals surface area contributed by atoms with Crippen LogP contribution in [0.5, 0.6) is 0 Å². The van der Waals surface area contributed by atoms with Crippen LogP contribution in [0.2, 0.25) is 0 Å². The lowest BCUT2D eigenvalue weighted by Crippen LogP contribution is -2.39. The second-order valence-corrected chi connectivity index (χ2v) is 6.41. The topological polar surface area (TPSA) is 67.1 Å². The van der Waals surface area contributed by atoms with E-state index in [1.807, 2.05) is 23.1 Å². The molecule has 128 valence electrons. The fourth-order valence-electron chi connectivity index (χ4n) is 2.04. The van der Waals surface area contributed by atoms with Gasteiger partial charge in [-0.25, -0.2) is 4.98 Å². The molecule has 0 fully saturated rings. The maximum absolute atomic E-state index is 4.40. The Kier molecular flexibility index (Phi) is 9.15. The molecule has 2 aromatic rings. The molecule has 0 aliphatic carbocycles. The molecule has 0 aliphatic rings. The first-order chi connectivity index (χ1) is 10.7. The SMILES string of the molecule is CCc1cnc(CNC(=NC)NCC(C)Cn2cccn2)s1.I. The maximum atomic E-state index is 4.40. The van der Waals surface area contributed by atoms with E-state index in [-0.39, 0.29) is 24.0 Å². The summed E-state index contributed by atoms with van der Waals surface area (Å²) in [6, 6.07) is 1.94. The van der Waals surface area contributed by atoms with E-state index in [9.17, 15) is 0 Å². The van der Waals surface area contributed by atoms with Gasteiger partial charge in [0.15, 0.2) is 5.96 Å². The summed E-state index contributed by atoms with van der Waals surface area (Å²) in [7, 11) is 1.78. The standard InChI is InChI=1S/C15H24N6S.HI/c1-4-13-9-17-14(22-13)10-19-15(16-3)18-8-12(2)11-21-7-5-6-20-21;/h5-7,9,12H,4,8,10-11H2,1-3H3,(H2,16,18,19);1H. The van der Waals surface area contributed by atoms with Crippen molar-refractivity contribution >= 4 is 41.3 Å². The van der Waals surface area contributed by atoms with Crippen molar-refractivity contribution in [2.75, 3.05) is 13.6 Å². The molecule has 0 spiro atoms. The zero-order chi connectivity index (χ0) is 15.8. The number of hydrogen-bond donors (Lipinski definition) is 2. The molecule has 2 heterocycles. The molecular formula is C15H25IN6S. The number of aliphatic imine (C=N–C) groups is 1. The van der Waals surface area contributed by atoms with E-state index in [1.54, 1.807) is 24.6 Å². The van der Waals surface area contributed by atoms with Gasteiger partial charge in [-0.2, -0.15) is 5.10 Å². The maximum Gasteiger partial charge on any atom is 0.191 e. The second-order valence-electron chi connectivity index (χ2n) is 5.21. The predicted octanol–water partition coefficient (Wildman–Crippen LogP) is 2.52. The summed E-state index contributed by atoms with van der Waals surface area (Å²) in [6.07, 6.45) is 6.77. The van der Waals surface area contributed by atoms with Gasteiger partial charge in [-0.15, -0.1) is 35.3 Å². The predicted molar refractivity (Wildman–Crippen MR) is 106 cm³/mol. The highest BCUT2D eigenvalue weighted by Crippen LogP contribution is 2.12. The highest BCUT2D eigenvalue weighted by atomic mass is 127. The van der Waals surface area contributed by atoms with Crippen LogP contribution in [0.15, 0.2) is 29.6 Å². The minimum Gasteiger partial charge on any atom is -0.356 e. The lowest BCUT2D eigenvalue weighted by atomic mass is 10.2. The monoisotopic (exact) mass is 448 g/mol. The van der Waals surface area contributed by atoms with Gasteiger partial charge in [-0.05, 0) is 18.4 Å². The Morgan fingerprint density at radius 3 is 2.87 bits per heavy atom. The lowest BCUT2D eigenvalue weighted by molar-refractivity contribution is 0.443. The smallest absolute Gasteiger partial charge is 0.191 e. The third kappa shape index (κ3) is 6.86. The second kappa shape index (κ2) is 10.6. The summed E-state index contributed by atoms with van der Waals surface area (Å²) >= 11 is 1.74. The highest BCUT2D eigenvalue weighted by Gasteiger charge is 2.06. The van der Waals surface area contributed by atoms with Crippen molar-refractivity contribution in [2.24, 2.45) is 10.9 Å². The fraction of sp³-hybridized carbons (Fsp3) is 0.533. The Morgan fingerprint density at radius 2 is 2.26 bits per heavy atom. The normalized spacial score (nSPS) is 12.6. The largest absolute Gasteiger partial charge is 0.356 e. The number of nitrogens with one attached hydrogen (secondary N) is 2. The zero-order valence-corrected chi connectivity index (χ0v) is 17.0. The summed E-state index contributed by atoms with van der Waals surface area (Å²) in [5.74, 6) is 1.27. The molecule has 2 N–H and O–H groups in total. The number of rotatable bonds is 7. The van der Waals surface area contributed by atoms with E-state index >= 15 is 0 Å². The third-order valence-corrected chi connectivity index (χ3v) is 4.40. The van der Waals surface area contributed by atoms with E-state index in [1.165, 1.54) is 4.88 Å². The van der Waals surface area contributed by atoms with Crippen LogP contribution in [0, 0.1) is 5.92 Å². The van der Waals surface area contributed by atoms with Gasteiger partial charge >= 0.3 is 0 Å². The Balaban J connectivity index is 0.00000264. The first kappa shape index (κ1) is 19.9. The minimum atomic E-state index is 0. The zero-order valence-electron chi connectivity index (χ0n) is 13.8. The van der Waals surface area contributed by atoms with Gasteiger partial charge < -0.3 is 10.6 Å². The molecule has 2 rings (SSSR count). The number of nitrogens with zero attached hydrogens (tertiary/aromatic N) is 4.